The van der Waals surface area contributed by atoms with Gasteiger partial charge in [0, 0.05) is 27.0 Å². The molecule has 0 aromatic heterocycles. The molecule has 0 unspecified atom stereocenters. The first-order chi connectivity index (χ1) is 14.1. The van der Waals surface area contributed by atoms with Crippen LogP contribution < -0.4 is 10.6 Å². The Bertz CT molecular complexity index is 864. The van der Waals surface area contributed by atoms with Crippen LogP contribution in [-0.4, -0.2) is 50.2 Å². The second kappa shape index (κ2) is 8.63. The fourth-order valence-corrected chi connectivity index (χ4v) is 5.09. The van der Waals surface area contributed by atoms with Gasteiger partial charge in [-0.15, -0.1) is 6.58 Å². The lowest BCUT2D eigenvalue weighted by Crippen LogP contribution is -2.59. The maximum atomic E-state index is 13.1. The number of carbonyl (C=O) groups excluding carboxylic acids is 3. The van der Waals surface area contributed by atoms with E-state index in [1.807, 2.05) is 0 Å². The van der Waals surface area contributed by atoms with Crippen LogP contribution in [0.4, 0.5) is 4.79 Å². The van der Waals surface area contributed by atoms with Crippen molar-refractivity contribution in [3.05, 3.63) is 42.0 Å². The van der Waals surface area contributed by atoms with Gasteiger partial charge in [0.15, 0.2) is 0 Å². The Morgan fingerprint density at radius 3 is 2.70 bits per heavy atom. The fourth-order valence-electron chi connectivity index (χ4n) is 4.37. The molecule has 162 valence electrons. The second-order valence-corrected chi connectivity index (χ2v) is 14.9. The molecule has 30 heavy (non-hydrogen) atoms. The predicted molar refractivity (Wildman–Crippen MR) is 116 cm³/mol. The first-order valence-electron chi connectivity index (χ1n) is 10.3. The summed E-state index contributed by atoms with van der Waals surface area (Å²) in [5, 5.41) is 15.4. The third kappa shape index (κ3) is 4.58. The molecule has 7 nitrogen and oxygen atoms in total. The van der Waals surface area contributed by atoms with Gasteiger partial charge in [-0.3, -0.25) is 9.59 Å². The average Bonchev–Trinajstić information content (AvgIpc) is 2.64. The number of phenols is 1. The molecular weight excluding hydrogens is 400 g/mol. The third-order valence-corrected chi connectivity index (χ3v) is 7.53. The summed E-state index contributed by atoms with van der Waals surface area (Å²) in [5.74, 6) is -2.11. The molecule has 0 radical (unpaired) electrons. The van der Waals surface area contributed by atoms with Gasteiger partial charge >= 0.3 is 12.0 Å². The first kappa shape index (κ1) is 22.1. The molecule has 8 heteroatoms. The number of phenolic OH excluding ortho intramolecular Hbond substituents is 1. The number of carbonyl (C=O) groups is 3. The van der Waals surface area contributed by atoms with E-state index in [1.54, 1.807) is 24.3 Å². The van der Waals surface area contributed by atoms with Crippen LogP contribution in [0.3, 0.4) is 0 Å². The lowest BCUT2D eigenvalue weighted by Gasteiger charge is -2.47. The summed E-state index contributed by atoms with van der Waals surface area (Å²) in [6, 6.07) is 4.55. The summed E-state index contributed by atoms with van der Waals surface area (Å²) in [6.45, 7) is 10.8. The molecule has 4 atom stereocenters. The summed E-state index contributed by atoms with van der Waals surface area (Å²) in [5.41, 5.74) is 1.55. The van der Waals surface area contributed by atoms with E-state index in [1.165, 1.54) is 0 Å². The minimum atomic E-state index is -1.37. The number of hydrogen-bond donors (Lipinski definition) is 3. The summed E-state index contributed by atoms with van der Waals surface area (Å²) >= 11 is 0. The van der Waals surface area contributed by atoms with Crippen molar-refractivity contribution in [3.63, 3.8) is 0 Å². The highest BCUT2D eigenvalue weighted by atomic mass is 28.3. The molecule has 0 heterocycles. The zero-order valence-electron chi connectivity index (χ0n) is 17.7. The third-order valence-electron chi connectivity index (χ3n) is 5.83. The van der Waals surface area contributed by atoms with Crippen molar-refractivity contribution in [2.24, 2.45) is 5.92 Å². The Morgan fingerprint density at radius 2 is 2.03 bits per heavy atom. The number of aromatic hydroxyl groups is 1. The number of hydrogen-bond acceptors (Lipinski definition) is 5. The summed E-state index contributed by atoms with van der Waals surface area (Å²) in [7, 11) is -1.37. The number of ether oxygens (including phenoxy) is 1. The van der Waals surface area contributed by atoms with Crippen molar-refractivity contribution in [2.75, 3.05) is 13.2 Å². The molecule has 0 spiro atoms. The number of fused-ring (bicyclic) bond motifs is 2. The van der Waals surface area contributed by atoms with Crippen LogP contribution in [0.1, 0.15) is 29.4 Å². The van der Waals surface area contributed by atoms with Crippen LogP contribution in [-0.2, 0) is 14.3 Å². The highest BCUT2D eigenvalue weighted by molar-refractivity contribution is 6.76. The van der Waals surface area contributed by atoms with Crippen LogP contribution >= 0.6 is 0 Å². The molecule has 1 saturated carbocycles. The Labute approximate surface area is 177 Å². The Morgan fingerprint density at radius 1 is 1.30 bits per heavy atom. The van der Waals surface area contributed by atoms with Gasteiger partial charge in [0.05, 0.1) is 24.5 Å². The van der Waals surface area contributed by atoms with Crippen molar-refractivity contribution in [3.8, 4) is 5.75 Å². The quantitative estimate of drug-likeness (QED) is 0.350. The number of Topliss-reactive ketones (excluding diaryl/α,β-unsaturated/α-hetero) is 1. The lowest BCUT2D eigenvalue weighted by molar-refractivity contribution is -0.152. The fraction of sp³-hybridized carbons (Fsp3) is 0.500. The Kier molecular flexibility index (Phi) is 6.35. The van der Waals surface area contributed by atoms with E-state index in [4.69, 9.17) is 4.74 Å². The predicted octanol–water partition coefficient (Wildman–Crippen LogP) is 2.90. The molecule has 3 aliphatic carbocycles. The molecule has 2 bridgehead atoms. The standard InChI is InChI=1S/C22H30N2O5Si/c1-5-8-23-22(28)24-20-18-15-11-13(25)6-7-14(15)16(12-17(18)26)19(20)21(27)29-9-10-30(2,3)4/h5-7,11,16,18-20,25H,1,8-10,12H2,2-4H3,(H2,23,24,28)/t16-,18-,19-,20-/m1/s1. The van der Waals surface area contributed by atoms with Gasteiger partial charge in [-0.25, -0.2) is 4.79 Å². The Hall–Kier alpha value is -2.61. The van der Waals surface area contributed by atoms with E-state index in [0.717, 1.165) is 11.6 Å². The minimum absolute atomic E-state index is 0.0433. The summed E-state index contributed by atoms with van der Waals surface area (Å²) < 4.78 is 5.62. The van der Waals surface area contributed by atoms with Gasteiger partial charge < -0.3 is 20.5 Å². The molecule has 1 aromatic rings. The van der Waals surface area contributed by atoms with Gasteiger partial charge in [-0.2, -0.15) is 0 Å². The molecule has 1 aromatic carbocycles. The maximum Gasteiger partial charge on any atom is 0.315 e. The highest BCUT2D eigenvalue weighted by Crippen LogP contribution is 2.52. The number of urea groups is 1. The lowest BCUT2D eigenvalue weighted by atomic mass is 9.58. The van der Waals surface area contributed by atoms with Crippen molar-refractivity contribution < 1.29 is 24.2 Å². The zero-order valence-corrected chi connectivity index (χ0v) is 18.7. The number of benzene rings is 1. The molecule has 4 rings (SSSR count). The Balaban J connectivity index is 1.90. The van der Waals surface area contributed by atoms with Crippen molar-refractivity contribution >= 4 is 25.9 Å². The number of rotatable bonds is 7. The van der Waals surface area contributed by atoms with Gasteiger partial charge in [0.1, 0.15) is 11.5 Å². The number of esters is 1. The largest absolute Gasteiger partial charge is 0.508 e. The average molecular weight is 431 g/mol. The van der Waals surface area contributed by atoms with E-state index in [9.17, 15) is 19.5 Å². The summed E-state index contributed by atoms with van der Waals surface area (Å²) in [4.78, 5) is 38.3. The zero-order chi connectivity index (χ0) is 22.1. The molecular formula is C22H30N2O5Si. The van der Waals surface area contributed by atoms with E-state index in [-0.39, 0.29) is 36.4 Å². The van der Waals surface area contributed by atoms with Crippen molar-refractivity contribution in [1.29, 1.82) is 0 Å². The van der Waals surface area contributed by atoms with Crippen LogP contribution in [0.25, 0.3) is 0 Å². The highest BCUT2D eigenvalue weighted by Gasteiger charge is 2.55. The molecule has 0 aliphatic heterocycles. The minimum Gasteiger partial charge on any atom is -0.508 e. The van der Waals surface area contributed by atoms with Gasteiger partial charge in [-0.1, -0.05) is 31.8 Å². The van der Waals surface area contributed by atoms with E-state index in [0.29, 0.717) is 12.2 Å². The molecule has 1 fully saturated rings. The smallest absolute Gasteiger partial charge is 0.315 e. The topological polar surface area (TPSA) is 105 Å². The normalized spacial score (nSPS) is 24.7. The molecule has 3 aliphatic rings. The first-order valence-corrected chi connectivity index (χ1v) is 14.0. The van der Waals surface area contributed by atoms with E-state index in [2.05, 4.69) is 36.9 Å². The molecule has 0 saturated heterocycles. The summed E-state index contributed by atoms with van der Waals surface area (Å²) in [6.07, 6.45) is 1.77. The van der Waals surface area contributed by atoms with Crippen LogP contribution in [0.5, 0.6) is 5.75 Å². The van der Waals surface area contributed by atoms with E-state index < -0.39 is 32.0 Å². The second-order valence-electron chi connectivity index (χ2n) is 9.24. The van der Waals surface area contributed by atoms with E-state index >= 15 is 0 Å². The van der Waals surface area contributed by atoms with Gasteiger partial charge in [0.2, 0.25) is 0 Å². The maximum absolute atomic E-state index is 13.1. The SMILES string of the molecule is C=CCNC(=O)N[C@H]1[C@H](C(=O)OCC[Si](C)(C)C)[C@@H]2CC(=O)[C@H]1c1cc(O)ccc12. The monoisotopic (exact) mass is 430 g/mol. The molecule has 2 amide bonds. The molecule has 3 N–H and O–H groups in total. The van der Waals surface area contributed by atoms with Crippen LogP contribution in [0, 0.1) is 5.92 Å². The van der Waals surface area contributed by atoms with Gasteiger partial charge in [-0.05, 0) is 29.3 Å². The number of nitrogens with one attached hydrogen (secondary N) is 2. The van der Waals surface area contributed by atoms with Crippen molar-refractivity contribution in [1.82, 2.24) is 10.6 Å². The number of ketones is 1. The van der Waals surface area contributed by atoms with Crippen LogP contribution in [0.15, 0.2) is 30.9 Å². The van der Waals surface area contributed by atoms with Crippen molar-refractivity contribution in [2.45, 2.75) is 50.0 Å². The van der Waals surface area contributed by atoms with Crippen LogP contribution in [0.2, 0.25) is 25.7 Å². The number of amides is 2. The van der Waals surface area contributed by atoms with Gasteiger partial charge in [0.25, 0.3) is 0 Å².